The van der Waals surface area contributed by atoms with E-state index in [9.17, 15) is 0 Å². The maximum Gasteiger partial charge on any atom is 0.156 e. The highest BCUT2D eigenvalue weighted by atomic mass is 16.5. The standard InChI is InChI=1S/C20H22N4O/c1-2-6-16(7-3-1)19-17-8-4-5-9-18(17)20(23-22-19)21-10-11-24-12-14-25-15-13-24/h1-9H,10-15H2,(H,21,23)/p+1. The van der Waals surface area contributed by atoms with Gasteiger partial charge in [-0.1, -0.05) is 54.6 Å². The first-order valence-corrected chi connectivity index (χ1v) is 8.88. The summed E-state index contributed by atoms with van der Waals surface area (Å²) < 4.78 is 5.41. The molecule has 25 heavy (non-hydrogen) atoms. The van der Waals surface area contributed by atoms with Gasteiger partial charge >= 0.3 is 0 Å². The van der Waals surface area contributed by atoms with Crippen LogP contribution in [0.25, 0.3) is 22.0 Å². The molecule has 2 heterocycles. The molecule has 2 N–H and O–H groups in total. The number of aromatic nitrogens is 2. The SMILES string of the molecule is c1ccc(-c2nnc(NCC[NH+]3CCOCC3)c3ccccc23)cc1. The minimum absolute atomic E-state index is 0.864. The summed E-state index contributed by atoms with van der Waals surface area (Å²) in [6.07, 6.45) is 0. The second-order valence-electron chi connectivity index (χ2n) is 6.35. The zero-order chi connectivity index (χ0) is 16.9. The molecule has 1 aliphatic rings. The van der Waals surface area contributed by atoms with Crippen LogP contribution in [0, 0.1) is 0 Å². The van der Waals surface area contributed by atoms with Crippen molar-refractivity contribution in [1.82, 2.24) is 10.2 Å². The zero-order valence-electron chi connectivity index (χ0n) is 14.2. The summed E-state index contributed by atoms with van der Waals surface area (Å²) in [6.45, 7) is 5.86. The Morgan fingerprint density at radius 3 is 2.40 bits per heavy atom. The first-order valence-electron chi connectivity index (χ1n) is 8.88. The number of nitrogens with one attached hydrogen (secondary N) is 2. The predicted octanol–water partition coefficient (Wildman–Crippen LogP) is 1.62. The van der Waals surface area contributed by atoms with Gasteiger partial charge in [0.2, 0.25) is 0 Å². The third-order valence-electron chi connectivity index (χ3n) is 4.71. The van der Waals surface area contributed by atoms with Gasteiger partial charge in [-0.2, -0.15) is 0 Å². The first kappa shape index (κ1) is 16.0. The highest BCUT2D eigenvalue weighted by Gasteiger charge is 2.14. The molecule has 1 aromatic heterocycles. The fourth-order valence-corrected chi connectivity index (χ4v) is 3.31. The lowest BCUT2D eigenvalue weighted by molar-refractivity contribution is -0.906. The number of nitrogens with zero attached hydrogens (tertiary/aromatic N) is 2. The molecule has 2 aromatic carbocycles. The number of rotatable bonds is 5. The molecule has 0 spiro atoms. The number of benzene rings is 2. The van der Waals surface area contributed by atoms with E-state index in [1.54, 1.807) is 4.90 Å². The molecule has 4 rings (SSSR count). The lowest BCUT2D eigenvalue weighted by Crippen LogP contribution is -3.14. The Balaban J connectivity index is 1.56. The van der Waals surface area contributed by atoms with Crippen LogP contribution in [-0.4, -0.2) is 49.6 Å². The van der Waals surface area contributed by atoms with Crippen LogP contribution in [0.3, 0.4) is 0 Å². The summed E-state index contributed by atoms with van der Waals surface area (Å²) in [4.78, 5) is 1.58. The molecule has 1 fully saturated rings. The average Bonchev–Trinajstić information content (AvgIpc) is 2.69. The van der Waals surface area contributed by atoms with Crippen molar-refractivity contribution in [3.05, 3.63) is 54.6 Å². The van der Waals surface area contributed by atoms with Crippen LogP contribution in [-0.2, 0) is 4.74 Å². The molecule has 5 heteroatoms. The van der Waals surface area contributed by atoms with Crippen LogP contribution < -0.4 is 10.2 Å². The van der Waals surface area contributed by atoms with Gasteiger partial charge in [-0.25, -0.2) is 0 Å². The normalized spacial score (nSPS) is 15.4. The Labute approximate surface area is 147 Å². The molecule has 1 saturated heterocycles. The van der Waals surface area contributed by atoms with Gasteiger partial charge in [0.15, 0.2) is 5.82 Å². The van der Waals surface area contributed by atoms with Gasteiger partial charge in [0.05, 0.1) is 26.3 Å². The van der Waals surface area contributed by atoms with Crippen LogP contribution in [0.4, 0.5) is 5.82 Å². The molecule has 1 aliphatic heterocycles. The summed E-state index contributed by atoms with van der Waals surface area (Å²) in [5, 5.41) is 14.7. The van der Waals surface area contributed by atoms with E-state index in [2.05, 4.69) is 51.9 Å². The van der Waals surface area contributed by atoms with Crippen LogP contribution in [0.2, 0.25) is 0 Å². The zero-order valence-corrected chi connectivity index (χ0v) is 14.2. The number of morpholine rings is 1. The fraction of sp³-hybridized carbons (Fsp3) is 0.300. The number of hydrogen-bond donors (Lipinski definition) is 2. The van der Waals surface area contributed by atoms with E-state index in [0.29, 0.717) is 0 Å². The van der Waals surface area contributed by atoms with Gasteiger partial charge in [-0.05, 0) is 0 Å². The first-order chi connectivity index (χ1) is 12.4. The van der Waals surface area contributed by atoms with Gasteiger partial charge in [0.25, 0.3) is 0 Å². The number of fused-ring (bicyclic) bond motifs is 1. The van der Waals surface area contributed by atoms with Crippen molar-refractivity contribution >= 4 is 16.6 Å². The molecule has 0 unspecified atom stereocenters. The molecule has 0 bridgehead atoms. The van der Waals surface area contributed by atoms with Crippen molar-refractivity contribution < 1.29 is 9.64 Å². The highest BCUT2D eigenvalue weighted by Crippen LogP contribution is 2.29. The summed E-state index contributed by atoms with van der Waals surface area (Å²) in [7, 11) is 0. The van der Waals surface area contributed by atoms with E-state index in [4.69, 9.17) is 4.74 Å². The number of hydrogen-bond acceptors (Lipinski definition) is 4. The Kier molecular flexibility index (Phi) is 4.86. The minimum Gasteiger partial charge on any atom is -0.370 e. The molecule has 0 aliphatic carbocycles. The minimum atomic E-state index is 0.864. The molecular formula is C20H23N4O+. The monoisotopic (exact) mass is 335 g/mol. The summed E-state index contributed by atoms with van der Waals surface area (Å²) in [5.41, 5.74) is 2.02. The summed E-state index contributed by atoms with van der Waals surface area (Å²) >= 11 is 0. The van der Waals surface area contributed by atoms with Crippen LogP contribution >= 0.6 is 0 Å². The van der Waals surface area contributed by atoms with Gasteiger partial charge in [-0.3, -0.25) is 0 Å². The summed E-state index contributed by atoms with van der Waals surface area (Å²) in [6, 6.07) is 18.6. The van der Waals surface area contributed by atoms with E-state index in [-0.39, 0.29) is 0 Å². The second kappa shape index (κ2) is 7.59. The van der Waals surface area contributed by atoms with Crippen molar-refractivity contribution in [2.75, 3.05) is 44.7 Å². The van der Waals surface area contributed by atoms with Crippen LogP contribution in [0.15, 0.2) is 54.6 Å². The van der Waals surface area contributed by atoms with Crippen molar-refractivity contribution in [2.24, 2.45) is 0 Å². The molecule has 5 nitrogen and oxygen atoms in total. The number of quaternary nitrogens is 1. The van der Waals surface area contributed by atoms with Crippen molar-refractivity contribution in [1.29, 1.82) is 0 Å². The van der Waals surface area contributed by atoms with Gasteiger partial charge in [-0.15, -0.1) is 10.2 Å². The molecule has 0 radical (unpaired) electrons. The topological polar surface area (TPSA) is 51.5 Å². The van der Waals surface area contributed by atoms with Gasteiger partial charge in [0.1, 0.15) is 18.8 Å². The van der Waals surface area contributed by atoms with Crippen molar-refractivity contribution in [3.8, 4) is 11.3 Å². The Hall–Kier alpha value is -2.50. The van der Waals surface area contributed by atoms with Crippen LogP contribution in [0.5, 0.6) is 0 Å². The lowest BCUT2D eigenvalue weighted by Gasteiger charge is -2.23. The maximum atomic E-state index is 5.41. The van der Waals surface area contributed by atoms with E-state index in [1.165, 1.54) is 0 Å². The van der Waals surface area contributed by atoms with E-state index in [0.717, 1.165) is 67.2 Å². The van der Waals surface area contributed by atoms with Crippen molar-refractivity contribution in [3.63, 3.8) is 0 Å². The maximum absolute atomic E-state index is 5.41. The highest BCUT2D eigenvalue weighted by molar-refractivity contribution is 5.99. The average molecular weight is 335 g/mol. The Morgan fingerprint density at radius 2 is 1.60 bits per heavy atom. The third kappa shape index (κ3) is 3.62. The lowest BCUT2D eigenvalue weighted by atomic mass is 10.0. The Bertz CT molecular complexity index is 831. The van der Waals surface area contributed by atoms with Gasteiger partial charge < -0.3 is 15.0 Å². The molecule has 0 saturated carbocycles. The summed E-state index contributed by atoms with van der Waals surface area (Å²) in [5.74, 6) is 0.864. The van der Waals surface area contributed by atoms with Crippen molar-refractivity contribution in [2.45, 2.75) is 0 Å². The molecule has 128 valence electrons. The number of anilines is 1. The Morgan fingerprint density at radius 1 is 0.880 bits per heavy atom. The molecular weight excluding hydrogens is 312 g/mol. The predicted molar refractivity (Wildman–Crippen MR) is 99.8 cm³/mol. The van der Waals surface area contributed by atoms with Gasteiger partial charge in [0, 0.05) is 16.3 Å². The fourth-order valence-electron chi connectivity index (χ4n) is 3.31. The van der Waals surface area contributed by atoms with E-state index < -0.39 is 0 Å². The number of ether oxygens (including phenoxy) is 1. The second-order valence-corrected chi connectivity index (χ2v) is 6.35. The molecule has 3 aromatic rings. The smallest absolute Gasteiger partial charge is 0.156 e. The third-order valence-corrected chi connectivity index (χ3v) is 4.71. The van der Waals surface area contributed by atoms with E-state index >= 15 is 0 Å². The largest absolute Gasteiger partial charge is 0.370 e. The quantitative estimate of drug-likeness (QED) is 0.744. The molecule has 0 atom stereocenters. The molecule has 0 amide bonds. The van der Waals surface area contributed by atoms with E-state index in [1.807, 2.05) is 18.2 Å². The van der Waals surface area contributed by atoms with Crippen LogP contribution in [0.1, 0.15) is 0 Å².